The molecule has 0 fully saturated rings. The highest BCUT2D eigenvalue weighted by Gasteiger charge is 2.11. The predicted octanol–water partition coefficient (Wildman–Crippen LogP) is 2.99. The summed E-state index contributed by atoms with van der Waals surface area (Å²) in [7, 11) is 0. The van der Waals surface area contributed by atoms with Gasteiger partial charge in [-0.05, 0) is 22.0 Å². The summed E-state index contributed by atoms with van der Waals surface area (Å²) in [6.07, 6.45) is 1.29. The summed E-state index contributed by atoms with van der Waals surface area (Å²) >= 11 is 15.0. The summed E-state index contributed by atoms with van der Waals surface area (Å²) in [6, 6.07) is 1.59. The van der Waals surface area contributed by atoms with Gasteiger partial charge in [0.15, 0.2) is 0 Å². The van der Waals surface area contributed by atoms with Gasteiger partial charge in [-0.1, -0.05) is 23.2 Å². The number of aromatic amines is 1. The van der Waals surface area contributed by atoms with E-state index in [1.165, 1.54) is 6.33 Å². The van der Waals surface area contributed by atoms with Crippen molar-refractivity contribution in [2.75, 3.05) is 0 Å². The molecule has 0 aliphatic heterocycles. The molecular weight excluding hydrogens is 291 g/mol. The monoisotopic (exact) mass is 292 g/mol. The van der Waals surface area contributed by atoms with Gasteiger partial charge in [-0.15, -0.1) is 0 Å². The molecule has 1 aromatic heterocycles. The Kier molecular flexibility index (Phi) is 2.51. The van der Waals surface area contributed by atoms with Crippen molar-refractivity contribution in [2.45, 2.75) is 0 Å². The van der Waals surface area contributed by atoms with E-state index in [9.17, 15) is 4.79 Å². The number of H-pyrrole nitrogens is 1. The van der Waals surface area contributed by atoms with Crippen molar-refractivity contribution < 1.29 is 0 Å². The van der Waals surface area contributed by atoms with Crippen molar-refractivity contribution in [3.05, 3.63) is 37.3 Å². The van der Waals surface area contributed by atoms with Crippen molar-refractivity contribution in [3.63, 3.8) is 0 Å². The topological polar surface area (TPSA) is 45.8 Å². The number of rotatable bonds is 0. The summed E-state index contributed by atoms with van der Waals surface area (Å²) in [5.41, 5.74) is 0.165. The van der Waals surface area contributed by atoms with Crippen LogP contribution in [0.2, 0.25) is 10.0 Å². The second-order valence-electron chi connectivity index (χ2n) is 2.61. The second kappa shape index (κ2) is 3.53. The highest BCUT2D eigenvalue weighted by atomic mass is 79.9. The van der Waals surface area contributed by atoms with Gasteiger partial charge < -0.3 is 4.98 Å². The zero-order valence-electron chi connectivity index (χ0n) is 6.64. The standard InChI is InChI=1S/C8H3BrCl2N2O/c9-4-1-3-7(6(11)5(4)10)12-2-13-8(3)14/h1-2H,(H,12,13,14). The molecule has 14 heavy (non-hydrogen) atoms. The lowest BCUT2D eigenvalue weighted by atomic mass is 10.2. The number of nitrogens with zero attached hydrogens (tertiary/aromatic N) is 1. The number of nitrogens with one attached hydrogen (secondary N) is 1. The third kappa shape index (κ3) is 1.43. The first-order valence-corrected chi connectivity index (χ1v) is 5.17. The Hall–Kier alpha value is -0.580. The van der Waals surface area contributed by atoms with Crippen molar-refractivity contribution >= 4 is 50.0 Å². The summed E-state index contributed by atoms with van der Waals surface area (Å²) in [5.74, 6) is 0. The van der Waals surface area contributed by atoms with E-state index in [1.54, 1.807) is 6.07 Å². The van der Waals surface area contributed by atoms with E-state index in [1.807, 2.05) is 0 Å². The van der Waals surface area contributed by atoms with E-state index in [2.05, 4.69) is 25.9 Å². The SMILES string of the molecule is O=c1[nH]cnc2c(Cl)c(Cl)c(Br)cc12. The molecule has 0 saturated heterocycles. The first-order valence-electron chi connectivity index (χ1n) is 3.62. The average Bonchev–Trinajstić information content (AvgIpc) is 2.17. The molecule has 0 aliphatic carbocycles. The van der Waals surface area contributed by atoms with Crippen LogP contribution in [0.25, 0.3) is 10.9 Å². The van der Waals surface area contributed by atoms with Gasteiger partial charge in [-0.2, -0.15) is 0 Å². The van der Waals surface area contributed by atoms with Crippen molar-refractivity contribution in [1.82, 2.24) is 9.97 Å². The highest BCUT2D eigenvalue weighted by Crippen LogP contribution is 2.34. The largest absolute Gasteiger partial charge is 0.313 e. The van der Waals surface area contributed by atoms with Crippen LogP contribution in [-0.4, -0.2) is 9.97 Å². The van der Waals surface area contributed by atoms with Crippen LogP contribution in [-0.2, 0) is 0 Å². The Morgan fingerprint density at radius 2 is 2.07 bits per heavy atom. The molecular formula is C8H3BrCl2N2O. The fourth-order valence-corrected chi connectivity index (χ4v) is 2.06. The van der Waals surface area contributed by atoms with Crippen LogP contribution in [0.5, 0.6) is 0 Å². The molecule has 3 nitrogen and oxygen atoms in total. The molecule has 6 heteroatoms. The molecule has 0 unspecified atom stereocenters. The van der Waals surface area contributed by atoms with Gasteiger partial charge in [0.05, 0.1) is 27.3 Å². The molecule has 0 aliphatic rings. The predicted molar refractivity (Wildman–Crippen MR) is 60.1 cm³/mol. The van der Waals surface area contributed by atoms with Gasteiger partial charge in [0, 0.05) is 4.47 Å². The fraction of sp³-hybridized carbons (Fsp3) is 0. The zero-order valence-corrected chi connectivity index (χ0v) is 9.74. The number of fused-ring (bicyclic) bond motifs is 1. The Morgan fingerprint density at radius 1 is 1.36 bits per heavy atom. The van der Waals surface area contributed by atoms with Crippen LogP contribution in [0, 0.1) is 0 Å². The van der Waals surface area contributed by atoms with Gasteiger partial charge in [0.1, 0.15) is 0 Å². The lowest BCUT2D eigenvalue weighted by Gasteiger charge is -2.02. The Bertz CT molecular complexity index is 567. The van der Waals surface area contributed by atoms with E-state index >= 15 is 0 Å². The van der Waals surface area contributed by atoms with Gasteiger partial charge in [0.25, 0.3) is 5.56 Å². The van der Waals surface area contributed by atoms with Gasteiger partial charge in [-0.3, -0.25) is 4.79 Å². The molecule has 0 spiro atoms. The van der Waals surface area contributed by atoms with Crippen molar-refractivity contribution in [1.29, 1.82) is 0 Å². The normalized spacial score (nSPS) is 10.8. The van der Waals surface area contributed by atoms with Gasteiger partial charge in [-0.25, -0.2) is 4.98 Å². The lowest BCUT2D eigenvalue weighted by molar-refractivity contribution is 1.17. The second-order valence-corrected chi connectivity index (χ2v) is 4.22. The summed E-state index contributed by atoms with van der Waals surface area (Å²) in [6.45, 7) is 0. The van der Waals surface area contributed by atoms with Crippen LogP contribution < -0.4 is 5.56 Å². The minimum atomic E-state index is -0.241. The van der Waals surface area contributed by atoms with Gasteiger partial charge in [0.2, 0.25) is 0 Å². The smallest absolute Gasteiger partial charge is 0.258 e. The van der Waals surface area contributed by atoms with Crippen LogP contribution in [0.3, 0.4) is 0 Å². The lowest BCUT2D eigenvalue weighted by Crippen LogP contribution is -2.06. The van der Waals surface area contributed by atoms with Crippen LogP contribution in [0.1, 0.15) is 0 Å². The Morgan fingerprint density at radius 3 is 2.79 bits per heavy atom. The molecule has 2 aromatic rings. The van der Waals surface area contributed by atoms with Crippen LogP contribution in [0.4, 0.5) is 0 Å². The minimum absolute atomic E-state index is 0.241. The molecule has 0 saturated carbocycles. The number of hydrogen-bond acceptors (Lipinski definition) is 2. The molecule has 1 heterocycles. The minimum Gasteiger partial charge on any atom is -0.313 e. The van der Waals surface area contributed by atoms with E-state index in [0.29, 0.717) is 20.4 Å². The molecule has 2 rings (SSSR count). The van der Waals surface area contributed by atoms with Crippen molar-refractivity contribution in [2.24, 2.45) is 0 Å². The molecule has 0 atom stereocenters. The number of aromatic nitrogens is 2. The van der Waals surface area contributed by atoms with E-state index in [4.69, 9.17) is 23.2 Å². The van der Waals surface area contributed by atoms with E-state index in [-0.39, 0.29) is 10.6 Å². The maximum absolute atomic E-state index is 11.4. The van der Waals surface area contributed by atoms with Crippen LogP contribution >= 0.6 is 39.1 Å². The third-order valence-electron chi connectivity index (χ3n) is 1.77. The molecule has 72 valence electrons. The third-order valence-corrected chi connectivity index (χ3v) is 3.48. The first kappa shape index (κ1) is 9.96. The summed E-state index contributed by atoms with van der Waals surface area (Å²) in [5, 5.41) is 1.05. The first-order chi connectivity index (χ1) is 6.61. The van der Waals surface area contributed by atoms with E-state index in [0.717, 1.165) is 0 Å². The zero-order chi connectivity index (χ0) is 10.3. The number of hydrogen-bond donors (Lipinski definition) is 1. The van der Waals surface area contributed by atoms with Crippen LogP contribution in [0.15, 0.2) is 21.7 Å². The number of halogens is 3. The Labute approximate surface area is 97.2 Å². The fourth-order valence-electron chi connectivity index (χ4n) is 1.12. The molecule has 1 N–H and O–H groups in total. The molecule has 0 amide bonds. The Balaban J connectivity index is 3.06. The summed E-state index contributed by atoms with van der Waals surface area (Å²) in [4.78, 5) is 17.8. The maximum atomic E-state index is 11.4. The molecule has 0 bridgehead atoms. The maximum Gasteiger partial charge on any atom is 0.258 e. The highest BCUT2D eigenvalue weighted by molar-refractivity contribution is 9.10. The quantitative estimate of drug-likeness (QED) is 0.759. The molecule has 1 aromatic carbocycles. The number of benzene rings is 1. The molecule has 0 radical (unpaired) electrons. The van der Waals surface area contributed by atoms with Crippen molar-refractivity contribution in [3.8, 4) is 0 Å². The van der Waals surface area contributed by atoms with E-state index < -0.39 is 0 Å². The van der Waals surface area contributed by atoms with Gasteiger partial charge >= 0.3 is 0 Å². The average molecular weight is 294 g/mol. The summed E-state index contributed by atoms with van der Waals surface area (Å²) < 4.78 is 0.579.